The van der Waals surface area contributed by atoms with Crippen LogP contribution in [0.5, 0.6) is 0 Å². The van der Waals surface area contributed by atoms with E-state index in [1.165, 1.54) is 0 Å². The van der Waals surface area contributed by atoms with Crippen LogP contribution in [0, 0.1) is 10.1 Å². The summed E-state index contributed by atoms with van der Waals surface area (Å²) in [6, 6.07) is 0.879. The molecule has 3 N–H and O–H groups in total. The van der Waals surface area contributed by atoms with Gasteiger partial charge in [0.1, 0.15) is 0 Å². The third-order valence-corrected chi connectivity index (χ3v) is 2.97. The minimum Gasteiger partial charge on any atom is -0.258 e. The van der Waals surface area contributed by atoms with Crippen LogP contribution < -0.4 is 0 Å². The van der Waals surface area contributed by atoms with Gasteiger partial charge in [-0.3, -0.25) is 10.1 Å². The lowest BCUT2D eigenvalue weighted by Crippen LogP contribution is -2.03. The summed E-state index contributed by atoms with van der Waals surface area (Å²) in [4.78, 5) is 46.3. The Bertz CT molecular complexity index is 382. The van der Waals surface area contributed by atoms with Gasteiger partial charge in [0.05, 0.1) is 10.5 Å². The summed E-state index contributed by atoms with van der Waals surface area (Å²) in [5, 5.41) is 11.0. The predicted molar refractivity (Wildman–Crippen MR) is 48.9 cm³/mol. The smallest absolute Gasteiger partial charge is 0.258 e. The minimum absolute atomic E-state index is 0.275. The summed E-state index contributed by atoms with van der Waals surface area (Å²) >= 11 is 0.667. The number of nitro groups is 1. The minimum atomic E-state index is -4.60. The molecule has 0 aliphatic carbocycles. The molecule has 0 amide bonds. The number of rotatable bonds is 3. The molecule has 1 rings (SSSR count). The van der Waals surface area contributed by atoms with Crippen molar-refractivity contribution in [1.29, 1.82) is 0 Å². The van der Waals surface area contributed by atoms with Gasteiger partial charge in [-0.1, -0.05) is 11.3 Å². The molecule has 9 heteroatoms. The number of hydrogen-bond acceptors (Lipinski definition) is 7. The van der Waals surface area contributed by atoms with Crippen molar-refractivity contribution in [2.24, 2.45) is 0 Å². The first-order chi connectivity index (χ1) is 6.32. The third-order valence-electron chi connectivity index (χ3n) is 1.28. The van der Waals surface area contributed by atoms with Crippen LogP contribution >= 0.6 is 19.3 Å². The second-order valence-corrected chi connectivity index (χ2v) is 4.74. The lowest BCUT2D eigenvalue weighted by molar-refractivity contribution is -0.380. The van der Waals surface area contributed by atoms with Crippen LogP contribution in [0.15, 0.2) is 11.4 Å². The summed E-state index contributed by atoms with van der Waals surface area (Å²) in [5.74, 6) is 0. The van der Waals surface area contributed by atoms with Crippen molar-refractivity contribution in [3.05, 3.63) is 27.1 Å². The second kappa shape index (κ2) is 3.68. The summed E-state index contributed by atoms with van der Waals surface area (Å²) in [7, 11) is -4.60. The fraction of sp³-hybridized carbons (Fsp3) is 0. The SMILES string of the molecule is O=C(c1csc([N+](=O)[O-])c1)[P+](O)(O)O. The molecule has 0 atom stereocenters. The predicted octanol–water partition coefficient (Wildman–Crippen LogP) is 0.536. The topological polar surface area (TPSA) is 121 Å². The molecule has 7 nitrogen and oxygen atoms in total. The quantitative estimate of drug-likeness (QED) is 0.401. The molecule has 0 aromatic carbocycles. The molecule has 0 unspecified atom stereocenters. The van der Waals surface area contributed by atoms with Gasteiger partial charge in [-0.05, 0) is 0 Å². The zero-order valence-electron chi connectivity index (χ0n) is 6.52. The standard InChI is InChI=1S/C5H5NO6PS/c7-5(13(10,11)12)3-1-4(6(8)9)14-2-3/h1-2,10-12H/q+1. The Morgan fingerprint density at radius 3 is 2.43 bits per heavy atom. The van der Waals surface area contributed by atoms with Gasteiger partial charge in [-0.25, -0.2) is 4.79 Å². The molecule has 76 valence electrons. The lowest BCUT2D eigenvalue weighted by atomic mass is 10.4. The van der Waals surface area contributed by atoms with E-state index in [2.05, 4.69) is 0 Å². The van der Waals surface area contributed by atoms with Gasteiger partial charge in [0.25, 0.3) is 0 Å². The van der Waals surface area contributed by atoms with Crippen LogP contribution in [0.1, 0.15) is 10.4 Å². The van der Waals surface area contributed by atoms with Crippen molar-refractivity contribution in [2.75, 3.05) is 0 Å². The summed E-state index contributed by atoms with van der Waals surface area (Å²) in [6.45, 7) is 0. The van der Waals surface area contributed by atoms with E-state index in [1.807, 2.05) is 0 Å². The number of thiophene rings is 1. The Hall–Kier alpha value is -0.920. The Morgan fingerprint density at radius 2 is 2.07 bits per heavy atom. The summed E-state index contributed by atoms with van der Waals surface area (Å²) in [5.41, 5.74) is -1.57. The fourth-order valence-corrected chi connectivity index (χ4v) is 1.97. The summed E-state index contributed by atoms with van der Waals surface area (Å²) in [6.07, 6.45) is 0. The molecule has 0 aliphatic heterocycles. The Morgan fingerprint density at radius 1 is 1.50 bits per heavy atom. The first-order valence-electron chi connectivity index (χ1n) is 3.17. The maximum absolute atomic E-state index is 11.0. The molecule has 0 fully saturated rings. The Kier molecular flexibility index (Phi) is 2.93. The van der Waals surface area contributed by atoms with Crippen LogP contribution in [0.2, 0.25) is 0 Å². The van der Waals surface area contributed by atoms with Gasteiger partial charge in [-0.2, -0.15) is 14.7 Å². The van der Waals surface area contributed by atoms with Gasteiger partial charge in [-0.15, -0.1) is 0 Å². The van der Waals surface area contributed by atoms with Crippen LogP contribution in [0.3, 0.4) is 0 Å². The molecule has 1 heterocycles. The van der Waals surface area contributed by atoms with E-state index < -0.39 is 18.4 Å². The van der Waals surface area contributed by atoms with E-state index in [4.69, 9.17) is 14.7 Å². The van der Waals surface area contributed by atoms with Crippen molar-refractivity contribution in [3.63, 3.8) is 0 Å². The monoisotopic (exact) mass is 238 g/mol. The normalized spacial score (nSPS) is 11.4. The molecule has 0 spiro atoms. The molecule has 1 aromatic heterocycles. The fourth-order valence-electron chi connectivity index (χ4n) is 0.706. The highest BCUT2D eigenvalue weighted by Crippen LogP contribution is 2.48. The molecule has 14 heavy (non-hydrogen) atoms. The van der Waals surface area contributed by atoms with Crippen molar-refractivity contribution >= 4 is 29.8 Å². The largest absolute Gasteiger partial charge is 0.483 e. The maximum Gasteiger partial charge on any atom is 0.483 e. The number of nitrogens with zero attached hydrogens (tertiary/aromatic N) is 1. The van der Waals surface area contributed by atoms with Crippen molar-refractivity contribution in [1.82, 2.24) is 0 Å². The van der Waals surface area contributed by atoms with E-state index in [1.54, 1.807) is 0 Å². The van der Waals surface area contributed by atoms with Gasteiger partial charge >= 0.3 is 18.5 Å². The van der Waals surface area contributed by atoms with Gasteiger partial charge in [0.2, 0.25) is 0 Å². The first kappa shape index (κ1) is 11.2. The van der Waals surface area contributed by atoms with Crippen molar-refractivity contribution in [3.8, 4) is 0 Å². The van der Waals surface area contributed by atoms with Crippen LogP contribution in [-0.4, -0.2) is 25.1 Å². The van der Waals surface area contributed by atoms with E-state index in [9.17, 15) is 14.9 Å². The molecule has 0 bridgehead atoms. The maximum atomic E-state index is 11.0. The van der Waals surface area contributed by atoms with Crippen LogP contribution in [0.25, 0.3) is 0 Å². The zero-order valence-corrected chi connectivity index (χ0v) is 8.23. The summed E-state index contributed by atoms with van der Waals surface area (Å²) < 4.78 is 0. The highest BCUT2D eigenvalue weighted by molar-refractivity contribution is 7.76. The zero-order chi connectivity index (χ0) is 10.9. The highest BCUT2D eigenvalue weighted by atomic mass is 32.1. The van der Waals surface area contributed by atoms with Gasteiger partial charge in [0, 0.05) is 11.4 Å². The van der Waals surface area contributed by atoms with Crippen LogP contribution in [0.4, 0.5) is 5.00 Å². The van der Waals surface area contributed by atoms with Crippen LogP contribution in [-0.2, 0) is 0 Å². The molecule has 1 aromatic rings. The molecule has 0 radical (unpaired) electrons. The number of hydrogen-bond donors (Lipinski definition) is 3. The second-order valence-electron chi connectivity index (χ2n) is 2.30. The van der Waals surface area contributed by atoms with Gasteiger partial charge < -0.3 is 0 Å². The molecule has 0 saturated carbocycles. The molecule has 0 aliphatic rings. The average molecular weight is 238 g/mol. The molecular weight excluding hydrogens is 233 g/mol. The van der Waals surface area contributed by atoms with Gasteiger partial charge in [0.15, 0.2) is 0 Å². The molecule has 0 saturated heterocycles. The Balaban J connectivity index is 2.99. The van der Waals surface area contributed by atoms with E-state index in [0.29, 0.717) is 11.3 Å². The van der Waals surface area contributed by atoms with Crippen molar-refractivity contribution < 1.29 is 24.4 Å². The van der Waals surface area contributed by atoms with E-state index >= 15 is 0 Å². The molecular formula is C5H5NO6PS+. The van der Waals surface area contributed by atoms with E-state index in [0.717, 1.165) is 11.4 Å². The van der Waals surface area contributed by atoms with Crippen molar-refractivity contribution in [2.45, 2.75) is 0 Å². The third kappa shape index (κ3) is 2.31. The Labute approximate surface area is 82.0 Å². The van der Waals surface area contributed by atoms with E-state index in [-0.39, 0.29) is 10.6 Å². The highest BCUT2D eigenvalue weighted by Gasteiger charge is 2.44. The first-order valence-corrected chi connectivity index (χ1v) is 5.70. The average Bonchev–Trinajstić information content (AvgIpc) is 2.48. The number of carbonyl (C=O) groups excluding carboxylic acids is 1. The lowest BCUT2D eigenvalue weighted by Gasteiger charge is -1.97. The number of carbonyl (C=O) groups is 1.